The lowest BCUT2D eigenvalue weighted by molar-refractivity contribution is -0.385. The van der Waals surface area contributed by atoms with Gasteiger partial charge in [0.25, 0.3) is 15.7 Å². The van der Waals surface area contributed by atoms with E-state index in [4.69, 9.17) is 16.7 Å². The highest BCUT2D eigenvalue weighted by molar-refractivity contribution is 7.89. The van der Waals surface area contributed by atoms with E-state index in [0.29, 0.717) is 10.6 Å². The molecule has 0 fully saturated rings. The summed E-state index contributed by atoms with van der Waals surface area (Å²) in [6, 6.07) is 4.14. The normalized spacial score (nSPS) is 11.5. The molecule has 0 amide bonds. The van der Waals surface area contributed by atoms with Gasteiger partial charge in [0.05, 0.1) is 23.4 Å². The van der Waals surface area contributed by atoms with Crippen LogP contribution in [-0.2, 0) is 16.6 Å². The van der Waals surface area contributed by atoms with Crippen molar-refractivity contribution < 1.29 is 13.3 Å². The minimum absolute atomic E-state index is 0.0550. The molecule has 0 saturated carbocycles. The maximum absolute atomic E-state index is 11.1. The van der Waals surface area contributed by atoms with E-state index in [1.165, 1.54) is 35.3 Å². The molecule has 0 aliphatic rings. The maximum Gasteiger partial charge on any atom is 0.274 e. The van der Waals surface area contributed by atoms with Crippen LogP contribution in [0.25, 0.3) is 0 Å². The molecule has 2 aromatic rings. The Morgan fingerprint density at radius 3 is 2.70 bits per heavy atom. The van der Waals surface area contributed by atoms with Crippen LogP contribution in [0.15, 0.2) is 35.7 Å². The number of nitrogens with two attached hydrogens (primary N) is 1. The first kappa shape index (κ1) is 14.4. The molecule has 0 aliphatic heterocycles. The van der Waals surface area contributed by atoms with Crippen LogP contribution < -0.4 is 5.14 Å². The molecular weight excluding hydrogens is 308 g/mol. The third-order valence-corrected chi connectivity index (χ3v) is 3.52. The number of nitro benzene ring substituents is 1. The Kier molecular flexibility index (Phi) is 3.75. The summed E-state index contributed by atoms with van der Waals surface area (Å²) in [6.45, 7) is 0.0550. The van der Waals surface area contributed by atoms with Crippen molar-refractivity contribution in [2.24, 2.45) is 5.14 Å². The second-order valence-corrected chi connectivity index (χ2v) is 5.90. The quantitative estimate of drug-likeness (QED) is 0.669. The number of imidazole rings is 1. The number of halogens is 1. The number of hydrogen-bond donors (Lipinski definition) is 1. The molecule has 20 heavy (non-hydrogen) atoms. The number of nitro groups is 1. The molecule has 0 radical (unpaired) electrons. The Balaban J connectivity index is 2.37. The number of benzene rings is 1. The smallest absolute Gasteiger partial charge is 0.274 e. The maximum atomic E-state index is 11.1. The Labute approximate surface area is 119 Å². The first-order valence-electron chi connectivity index (χ1n) is 5.25. The Hall–Kier alpha value is -1.97. The van der Waals surface area contributed by atoms with Crippen molar-refractivity contribution in [1.29, 1.82) is 0 Å². The summed E-state index contributed by atoms with van der Waals surface area (Å²) >= 11 is 5.80. The van der Waals surface area contributed by atoms with Crippen molar-refractivity contribution in [3.8, 4) is 0 Å². The second kappa shape index (κ2) is 5.19. The Morgan fingerprint density at radius 1 is 1.45 bits per heavy atom. The van der Waals surface area contributed by atoms with E-state index in [1.807, 2.05) is 0 Å². The van der Waals surface area contributed by atoms with Crippen LogP contribution >= 0.6 is 11.6 Å². The van der Waals surface area contributed by atoms with E-state index in [9.17, 15) is 18.5 Å². The van der Waals surface area contributed by atoms with Crippen LogP contribution in [0.5, 0.6) is 0 Å². The van der Waals surface area contributed by atoms with E-state index in [-0.39, 0.29) is 17.3 Å². The van der Waals surface area contributed by atoms with Crippen LogP contribution in [0, 0.1) is 10.1 Å². The lowest BCUT2D eigenvalue weighted by Crippen LogP contribution is -2.12. The molecule has 0 saturated heterocycles. The van der Waals surface area contributed by atoms with Gasteiger partial charge in [-0.05, 0) is 12.1 Å². The average Bonchev–Trinajstić information content (AvgIpc) is 2.76. The fourth-order valence-electron chi connectivity index (χ4n) is 1.63. The summed E-state index contributed by atoms with van der Waals surface area (Å²) < 4.78 is 23.6. The van der Waals surface area contributed by atoms with Crippen molar-refractivity contribution >= 4 is 27.3 Å². The molecule has 0 spiro atoms. The molecule has 0 bridgehead atoms. The number of rotatable bonds is 4. The predicted molar refractivity (Wildman–Crippen MR) is 70.8 cm³/mol. The molecule has 0 aliphatic carbocycles. The van der Waals surface area contributed by atoms with Gasteiger partial charge in [-0.1, -0.05) is 11.6 Å². The van der Waals surface area contributed by atoms with Crippen molar-refractivity contribution in [3.05, 3.63) is 51.4 Å². The van der Waals surface area contributed by atoms with Crippen molar-refractivity contribution in [2.45, 2.75) is 11.6 Å². The molecule has 2 rings (SSSR count). The van der Waals surface area contributed by atoms with E-state index in [1.54, 1.807) is 0 Å². The summed E-state index contributed by atoms with van der Waals surface area (Å²) in [5, 5.41) is 15.9. The van der Waals surface area contributed by atoms with E-state index >= 15 is 0 Å². The van der Waals surface area contributed by atoms with Gasteiger partial charge in [-0.2, -0.15) is 0 Å². The van der Waals surface area contributed by atoms with E-state index in [2.05, 4.69) is 4.98 Å². The van der Waals surface area contributed by atoms with Crippen LogP contribution in [0.2, 0.25) is 5.02 Å². The molecule has 8 nitrogen and oxygen atoms in total. The van der Waals surface area contributed by atoms with Crippen molar-refractivity contribution in [2.75, 3.05) is 0 Å². The summed E-state index contributed by atoms with van der Waals surface area (Å²) in [5.41, 5.74) is 0.223. The van der Waals surface area contributed by atoms with Gasteiger partial charge in [-0.15, -0.1) is 0 Å². The van der Waals surface area contributed by atoms with Gasteiger partial charge in [-0.3, -0.25) is 10.1 Å². The molecule has 1 aromatic heterocycles. The Bertz CT molecular complexity index is 771. The molecule has 1 aromatic carbocycles. The van der Waals surface area contributed by atoms with Crippen molar-refractivity contribution in [3.63, 3.8) is 0 Å². The topological polar surface area (TPSA) is 121 Å². The van der Waals surface area contributed by atoms with Gasteiger partial charge < -0.3 is 4.57 Å². The molecule has 106 valence electrons. The lowest BCUT2D eigenvalue weighted by atomic mass is 10.2. The summed E-state index contributed by atoms with van der Waals surface area (Å²) in [6.07, 6.45) is 2.42. The summed E-state index contributed by atoms with van der Waals surface area (Å²) in [5.74, 6) is 0. The average molecular weight is 317 g/mol. The summed E-state index contributed by atoms with van der Waals surface area (Å²) in [4.78, 5) is 14.0. The van der Waals surface area contributed by atoms with Gasteiger partial charge in [0.2, 0.25) is 0 Å². The first-order valence-corrected chi connectivity index (χ1v) is 7.17. The highest BCUT2D eigenvalue weighted by atomic mass is 35.5. The third kappa shape index (κ3) is 3.13. The van der Waals surface area contributed by atoms with E-state index in [0.717, 1.165) is 0 Å². The standard InChI is InChI=1S/C10H9ClN4O4S/c11-8-1-2-9(15(16)17)7(3-8)4-14-5-10(13-6-14)20(12,18)19/h1-3,5-6H,4H2,(H2,12,18,19). The number of aromatic nitrogens is 2. The zero-order valence-electron chi connectivity index (χ0n) is 9.93. The van der Waals surface area contributed by atoms with Crippen LogP contribution in [0.1, 0.15) is 5.56 Å². The number of nitrogens with zero attached hydrogens (tertiary/aromatic N) is 3. The summed E-state index contributed by atoms with van der Waals surface area (Å²) in [7, 11) is -3.90. The SMILES string of the molecule is NS(=O)(=O)c1cn(Cc2cc(Cl)ccc2[N+](=O)[O-])cn1. The minimum Gasteiger partial charge on any atom is -0.331 e. The highest BCUT2D eigenvalue weighted by Gasteiger charge is 2.16. The molecule has 0 atom stereocenters. The zero-order valence-corrected chi connectivity index (χ0v) is 11.5. The fourth-order valence-corrected chi connectivity index (χ4v) is 2.30. The van der Waals surface area contributed by atoms with Gasteiger partial charge in [-0.25, -0.2) is 18.5 Å². The monoisotopic (exact) mass is 316 g/mol. The van der Waals surface area contributed by atoms with Crippen LogP contribution in [0.3, 0.4) is 0 Å². The lowest BCUT2D eigenvalue weighted by Gasteiger charge is -2.04. The third-order valence-electron chi connectivity index (χ3n) is 2.49. The predicted octanol–water partition coefficient (Wildman–Crippen LogP) is 1.14. The molecule has 2 N–H and O–H groups in total. The van der Waals surface area contributed by atoms with Crippen molar-refractivity contribution in [1.82, 2.24) is 9.55 Å². The van der Waals surface area contributed by atoms with Gasteiger partial charge in [0.15, 0.2) is 5.03 Å². The zero-order chi connectivity index (χ0) is 14.9. The molecular formula is C10H9ClN4O4S. The fraction of sp³-hybridized carbons (Fsp3) is 0.100. The molecule has 1 heterocycles. The Morgan fingerprint density at radius 2 is 2.15 bits per heavy atom. The van der Waals surface area contributed by atoms with E-state index < -0.39 is 14.9 Å². The number of hydrogen-bond acceptors (Lipinski definition) is 5. The van der Waals surface area contributed by atoms with Gasteiger partial charge in [0, 0.05) is 17.3 Å². The number of sulfonamides is 1. The van der Waals surface area contributed by atoms with Gasteiger partial charge >= 0.3 is 0 Å². The second-order valence-electron chi connectivity index (χ2n) is 3.96. The highest BCUT2D eigenvalue weighted by Crippen LogP contribution is 2.23. The largest absolute Gasteiger partial charge is 0.331 e. The first-order chi connectivity index (χ1) is 9.27. The molecule has 0 unspecified atom stereocenters. The molecule has 10 heteroatoms. The minimum atomic E-state index is -3.90. The van der Waals surface area contributed by atoms with Crippen LogP contribution in [0.4, 0.5) is 5.69 Å². The number of primary sulfonamides is 1. The van der Waals surface area contributed by atoms with Crippen LogP contribution in [-0.4, -0.2) is 22.9 Å². The van der Waals surface area contributed by atoms with Gasteiger partial charge in [0.1, 0.15) is 0 Å².